The molecule has 22 heavy (non-hydrogen) atoms. The summed E-state index contributed by atoms with van der Waals surface area (Å²) < 4.78 is 5.53. The van der Waals surface area contributed by atoms with Gasteiger partial charge in [0.25, 0.3) is 5.91 Å². The Bertz CT molecular complexity index is 549. The predicted octanol–water partition coefficient (Wildman–Crippen LogP) is 3.58. The molecule has 0 aliphatic carbocycles. The molecule has 1 aliphatic rings. The first kappa shape index (κ1) is 16.6. The summed E-state index contributed by atoms with van der Waals surface area (Å²) >= 11 is 0. The van der Waals surface area contributed by atoms with Gasteiger partial charge in [-0.3, -0.25) is 4.79 Å². The van der Waals surface area contributed by atoms with Gasteiger partial charge in [-0.15, -0.1) is 0 Å². The number of rotatable bonds is 5. The van der Waals surface area contributed by atoms with Crippen LogP contribution in [0.4, 0.5) is 0 Å². The highest BCUT2D eigenvalue weighted by atomic mass is 16.4. The first-order valence-corrected chi connectivity index (χ1v) is 8.16. The molecule has 2 unspecified atom stereocenters. The zero-order valence-electron chi connectivity index (χ0n) is 13.6. The van der Waals surface area contributed by atoms with Crippen molar-refractivity contribution in [1.82, 2.24) is 4.90 Å². The molecule has 1 aromatic heterocycles. The smallest absolute Gasteiger partial charge is 0.339 e. The summed E-state index contributed by atoms with van der Waals surface area (Å²) in [5.41, 5.74) is 0.1000. The van der Waals surface area contributed by atoms with Crippen molar-refractivity contribution < 1.29 is 19.1 Å². The highest BCUT2D eigenvalue weighted by molar-refractivity contribution is 5.96. The molecule has 0 saturated carbocycles. The molecule has 1 aliphatic heterocycles. The lowest BCUT2D eigenvalue weighted by Gasteiger charge is -2.39. The van der Waals surface area contributed by atoms with Crippen molar-refractivity contribution in [2.75, 3.05) is 6.54 Å². The molecule has 122 valence electrons. The number of hydrogen-bond acceptors (Lipinski definition) is 3. The molecule has 1 N–H and O–H groups in total. The minimum atomic E-state index is -1.04. The molecule has 1 fully saturated rings. The number of carboxylic acid groups (broad SMARTS) is 1. The predicted molar refractivity (Wildman–Crippen MR) is 83.2 cm³/mol. The maximum Gasteiger partial charge on any atom is 0.339 e. The maximum absolute atomic E-state index is 12.8. The van der Waals surface area contributed by atoms with E-state index in [9.17, 15) is 14.7 Å². The Kier molecular flexibility index (Phi) is 5.27. The van der Waals surface area contributed by atoms with E-state index in [1.165, 1.54) is 6.07 Å². The fraction of sp³-hybridized carbons (Fsp3) is 0.647. The third-order valence-corrected chi connectivity index (χ3v) is 4.53. The monoisotopic (exact) mass is 307 g/mol. The summed E-state index contributed by atoms with van der Waals surface area (Å²) in [6.45, 7) is 6.84. The van der Waals surface area contributed by atoms with Crippen molar-refractivity contribution in [2.45, 2.75) is 58.9 Å². The Hall–Kier alpha value is -1.78. The molecule has 1 saturated heterocycles. The molecule has 5 heteroatoms. The Balaban J connectivity index is 2.27. The Morgan fingerprint density at radius 2 is 2.14 bits per heavy atom. The number of carbonyl (C=O) groups excluding carboxylic acids is 1. The van der Waals surface area contributed by atoms with Crippen molar-refractivity contribution in [3.8, 4) is 0 Å². The van der Waals surface area contributed by atoms with E-state index in [1.807, 2.05) is 11.8 Å². The van der Waals surface area contributed by atoms with Crippen molar-refractivity contribution >= 4 is 11.9 Å². The van der Waals surface area contributed by atoms with Gasteiger partial charge in [0.05, 0.1) is 0 Å². The van der Waals surface area contributed by atoms with Crippen LogP contribution in [0.5, 0.6) is 0 Å². The highest BCUT2D eigenvalue weighted by Crippen LogP contribution is 2.29. The Morgan fingerprint density at radius 1 is 1.41 bits per heavy atom. The van der Waals surface area contributed by atoms with Gasteiger partial charge >= 0.3 is 5.97 Å². The van der Waals surface area contributed by atoms with Gasteiger partial charge < -0.3 is 14.4 Å². The van der Waals surface area contributed by atoms with Crippen molar-refractivity contribution in [2.24, 2.45) is 5.92 Å². The van der Waals surface area contributed by atoms with Crippen LogP contribution >= 0.6 is 0 Å². The average Bonchev–Trinajstić information content (AvgIpc) is 2.93. The fourth-order valence-electron chi connectivity index (χ4n) is 3.36. The number of hydrogen-bond donors (Lipinski definition) is 1. The second kappa shape index (κ2) is 6.99. The van der Waals surface area contributed by atoms with Crippen LogP contribution < -0.4 is 0 Å². The molecule has 2 rings (SSSR count). The van der Waals surface area contributed by atoms with Gasteiger partial charge in [0.2, 0.25) is 0 Å². The summed E-state index contributed by atoms with van der Waals surface area (Å²) in [6.07, 6.45) is 4.58. The van der Waals surface area contributed by atoms with Gasteiger partial charge in [-0.2, -0.15) is 0 Å². The molecule has 5 nitrogen and oxygen atoms in total. The number of piperidine rings is 1. The Labute approximate surface area is 131 Å². The fourth-order valence-corrected chi connectivity index (χ4v) is 3.36. The third-order valence-electron chi connectivity index (χ3n) is 4.53. The third kappa shape index (κ3) is 3.18. The number of furan rings is 1. The normalized spacial score (nSPS) is 21.9. The van der Waals surface area contributed by atoms with Gasteiger partial charge in [-0.25, -0.2) is 4.79 Å². The van der Waals surface area contributed by atoms with Crippen LogP contribution in [-0.2, 0) is 6.42 Å². The Morgan fingerprint density at radius 3 is 2.68 bits per heavy atom. The summed E-state index contributed by atoms with van der Waals surface area (Å²) in [4.78, 5) is 25.9. The SMILES string of the molecule is CCCC1C(C)CCCN1C(=O)c1cc(C(=O)O)c(CC)o1. The van der Waals surface area contributed by atoms with E-state index in [0.29, 0.717) is 18.1 Å². The lowest BCUT2D eigenvalue weighted by atomic mass is 9.88. The quantitative estimate of drug-likeness (QED) is 0.902. The summed E-state index contributed by atoms with van der Waals surface area (Å²) in [5.74, 6) is -0.224. The first-order chi connectivity index (χ1) is 10.5. The lowest BCUT2D eigenvalue weighted by molar-refractivity contribution is 0.0464. The number of aromatic carboxylic acids is 1. The standard InChI is InChI=1S/C17H25NO4/c1-4-7-13-11(3)8-6-9-18(13)16(19)15-10-12(17(20)21)14(5-2)22-15/h10-11,13H,4-9H2,1-3H3,(H,20,21). The summed E-state index contributed by atoms with van der Waals surface area (Å²) in [5, 5.41) is 9.20. The van der Waals surface area contributed by atoms with E-state index in [4.69, 9.17) is 4.42 Å². The number of carbonyl (C=O) groups is 2. The maximum atomic E-state index is 12.8. The molecule has 0 spiro atoms. The van der Waals surface area contributed by atoms with Crippen LogP contribution in [0, 0.1) is 5.92 Å². The van der Waals surface area contributed by atoms with Gasteiger partial charge in [0, 0.05) is 25.1 Å². The van der Waals surface area contributed by atoms with Crippen LogP contribution in [0.15, 0.2) is 10.5 Å². The average molecular weight is 307 g/mol. The molecular formula is C17H25NO4. The van der Waals surface area contributed by atoms with Crippen LogP contribution in [0.2, 0.25) is 0 Å². The van der Waals surface area contributed by atoms with Crippen molar-refractivity contribution in [3.63, 3.8) is 0 Å². The first-order valence-electron chi connectivity index (χ1n) is 8.16. The van der Waals surface area contributed by atoms with E-state index >= 15 is 0 Å². The van der Waals surface area contributed by atoms with Gasteiger partial charge in [0.1, 0.15) is 11.3 Å². The molecule has 2 heterocycles. The zero-order valence-corrected chi connectivity index (χ0v) is 13.6. The number of amides is 1. The van der Waals surface area contributed by atoms with E-state index in [-0.39, 0.29) is 23.3 Å². The van der Waals surface area contributed by atoms with Crippen molar-refractivity contribution in [1.29, 1.82) is 0 Å². The topological polar surface area (TPSA) is 70.8 Å². The minimum absolute atomic E-state index is 0.1000. The number of likely N-dealkylation sites (tertiary alicyclic amines) is 1. The highest BCUT2D eigenvalue weighted by Gasteiger charge is 2.33. The van der Waals surface area contributed by atoms with Gasteiger partial charge in [-0.1, -0.05) is 27.2 Å². The molecular weight excluding hydrogens is 282 g/mol. The largest absolute Gasteiger partial charge is 0.478 e. The number of nitrogens with zero attached hydrogens (tertiary/aromatic N) is 1. The number of carboxylic acids is 1. The van der Waals surface area contributed by atoms with Crippen LogP contribution in [0.1, 0.15) is 73.1 Å². The summed E-state index contributed by atoms with van der Waals surface area (Å²) in [6, 6.07) is 1.60. The molecule has 0 radical (unpaired) electrons. The van der Waals surface area contributed by atoms with Gasteiger partial charge in [0.15, 0.2) is 5.76 Å². The van der Waals surface area contributed by atoms with E-state index < -0.39 is 5.97 Å². The van der Waals surface area contributed by atoms with Gasteiger partial charge in [-0.05, 0) is 25.2 Å². The summed E-state index contributed by atoms with van der Waals surface area (Å²) in [7, 11) is 0. The van der Waals surface area contributed by atoms with E-state index in [0.717, 1.165) is 32.2 Å². The second-order valence-electron chi connectivity index (χ2n) is 6.08. The van der Waals surface area contributed by atoms with E-state index in [1.54, 1.807) is 0 Å². The van der Waals surface area contributed by atoms with Crippen LogP contribution in [0.3, 0.4) is 0 Å². The van der Waals surface area contributed by atoms with Crippen LogP contribution in [0.25, 0.3) is 0 Å². The lowest BCUT2D eigenvalue weighted by Crippen LogP contribution is -2.47. The van der Waals surface area contributed by atoms with Crippen LogP contribution in [-0.4, -0.2) is 34.5 Å². The minimum Gasteiger partial charge on any atom is -0.478 e. The van der Waals surface area contributed by atoms with Crippen molar-refractivity contribution in [3.05, 3.63) is 23.2 Å². The molecule has 1 amide bonds. The second-order valence-corrected chi connectivity index (χ2v) is 6.08. The molecule has 2 atom stereocenters. The zero-order chi connectivity index (χ0) is 16.3. The molecule has 0 bridgehead atoms. The number of aryl methyl sites for hydroxylation is 1. The van der Waals surface area contributed by atoms with E-state index in [2.05, 4.69) is 13.8 Å². The molecule has 1 aromatic rings. The molecule has 0 aromatic carbocycles.